The van der Waals surface area contributed by atoms with E-state index in [2.05, 4.69) is 0 Å². The van der Waals surface area contributed by atoms with Gasteiger partial charge in [0.1, 0.15) is 17.6 Å². The number of hydrogen-bond donors (Lipinski definition) is 2. The van der Waals surface area contributed by atoms with Crippen LogP contribution in [0.2, 0.25) is 5.02 Å². The molecule has 0 aliphatic carbocycles. The monoisotopic (exact) mass is 470 g/mol. The van der Waals surface area contributed by atoms with Gasteiger partial charge in [-0.05, 0) is 37.1 Å². The van der Waals surface area contributed by atoms with Crippen LogP contribution in [0.1, 0.15) is 42.8 Å². The van der Waals surface area contributed by atoms with E-state index in [0.717, 1.165) is 0 Å². The Morgan fingerprint density at radius 2 is 1.97 bits per heavy atom. The van der Waals surface area contributed by atoms with Gasteiger partial charge in [-0.3, -0.25) is 9.59 Å². The molecule has 4 rings (SSSR count). The number of carboxylic acids is 1. The van der Waals surface area contributed by atoms with Crippen molar-refractivity contribution in [3.63, 3.8) is 0 Å². The Kier molecular flexibility index (Phi) is 7.13. The van der Waals surface area contributed by atoms with Crippen LogP contribution in [0.5, 0.6) is 5.75 Å². The van der Waals surface area contributed by atoms with Crippen molar-refractivity contribution >= 4 is 28.5 Å². The second kappa shape index (κ2) is 10.2. The van der Waals surface area contributed by atoms with Crippen molar-refractivity contribution in [2.75, 3.05) is 6.61 Å². The maximum atomic E-state index is 13.1. The van der Waals surface area contributed by atoms with E-state index in [4.69, 9.17) is 30.6 Å². The number of allylic oxidation sites excluding steroid dienone is 2. The van der Waals surface area contributed by atoms with Gasteiger partial charge in [0.15, 0.2) is 6.29 Å². The number of aromatic hydroxyl groups is 1. The van der Waals surface area contributed by atoms with Gasteiger partial charge >= 0.3 is 5.97 Å². The molecule has 0 spiro atoms. The van der Waals surface area contributed by atoms with Gasteiger partial charge in [-0.25, -0.2) is 0 Å². The van der Waals surface area contributed by atoms with Gasteiger partial charge in [-0.1, -0.05) is 42.0 Å². The average Bonchev–Trinajstić information content (AvgIpc) is 2.80. The first-order chi connectivity index (χ1) is 15.9. The van der Waals surface area contributed by atoms with Crippen LogP contribution in [0.25, 0.3) is 11.0 Å². The molecule has 1 saturated heterocycles. The minimum absolute atomic E-state index is 0.0564. The fraction of sp³-hybridized carbons (Fsp3) is 0.280. The third-order valence-electron chi connectivity index (χ3n) is 5.55. The molecule has 2 heterocycles. The molecule has 1 aliphatic heterocycles. The second-order valence-corrected chi connectivity index (χ2v) is 8.28. The first-order valence-electron chi connectivity index (χ1n) is 10.6. The smallest absolute Gasteiger partial charge is 0.303 e. The lowest BCUT2D eigenvalue weighted by molar-refractivity contribution is -0.244. The minimum atomic E-state index is -0.985. The zero-order valence-corrected chi connectivity index (χ0v) is 18.4. The van der Waals surface area contributed by atoms with Gasteiger partial charge in [-0.2, -0.15) is 0 Å². The molecule has 8 heteroatoms. The van der Waals surface area contributed by atoms with Crippen molar-refractivity contribution in [2.24, 2.45) is 5.92 Å². The predicted octanol–water partition coefficient (Wildman–Crippen LogP) is 5.37. The SMILES string of the molecule is O=C(O)CC/C=C\C[C@@H]1COC(c2coc3ccc(Cl)cc3c2=O)O[C@@H]1c1ccccc1O. The number of benzene rings is 2. The maximum Gasteiger partial charge on any atom is 0.303 e. The van der Waals surface area contributed by atoms with E-state index in [1.165, 1.54) is 6.26 Å². The molecule has 0 amide bonds. The van der Waals surface area contributed by atoms with Gasteiger partial charge in [-0.15, -0.1) is 0 Å². The molecule has 3 aromatic rings. The molecule has 0 bridgehead atoms. The van der Waals surface area contributed by atoms with Crippen molar-refractivity contribution in [2.45, 2.75) is 31.7 Å². The number of ether oxygens (including phenoxy) is 2. The number of phenols is 1. The minimum Gasteiger partial charge on any atom is -0.508 e. The number of hydrogen-bond acceptors (Lipinski definition) is 6. The molecular formula is C25H23ClO7. The van der Waals surface area contributed by atoms with Crippen LogP contribution < -0.4 is 5.43 Å². The molecule has 2 aromatic carbocycles. The summed E-state index contributed by atoms with van der Waals surface area (Å²) in [6, 6.07) is 11.7. The highest BCUT2D eigenvalue weighted by atomic mass is 35.5. The van der Waals surface area contributed by atoms with Crippen LogP contribution >= 0.6 is 11.6 Å². The molecule has 2 N–H and O–H groups in total. The Balaban J connectivity index is 1.61. The molecule has 172 valence electrons. The summed E-state index contributed by atoms with van der Waals surface area (Å²) in [5.74, 6) is -0.924. The van der Waals surface area contributed by atoms with Crippen LogP contribution in [-0.4, -0.2) is 22.8 Å². The number of carboxylic acid groups (broad SMARTS) is 1. The number of rotatable bonds is 7. The molecule has 1 aliphatic rings. The first kappa shape index (κ1) is 23.0. The van der Waals surface area contributed by atoms with Gasteiger partial charge in [0.2, 0.25) is 5.43 Å². The number of para-hydroxylation sites is 1. The topological polar surface area (TPSA) is 106 Å². The van der Waals surface area contributed by atoms with Crippen molar-refractivity contribution in [3.8, 4) is 5.75 Å². The highest BCUT2D eigenvalue weighted by Crippen LogP contribution is 2.42. The molecule has 3 atom stereocenters. The van der Waals surface area contributed by atoms with E-state index in [0.29, 0.717) is 34.4 Å². The molecule has 1 aromatic heterocycles. The summed E-state index contributed by atoms with van der Waals surface area (Å²) < 4.78 is 17.7. The van der Waals surface area contributed by atoms with Gasteiger partial charge in [0, 0.05) is 22.9 Å². The van der Waals surface area contributed by atoms with Crippen LogP contribution in [0.4, 0.5) is 0 Å². The van der Waals surface area contributed by atoms with E-state index in [1.807, 2.05) is 12.2 Å². The lowest BCUT2D eigenvalue weighted by Crippen LogP contribution is -2.32. The number of fused-ring (bicyclic) bond motifs is 1. The highest BCUT2D eigenvalue weighted by Gasteiger charge is 2.36. The summed E-state index contributed by atoms with van der Waals surface area (Å²) >= 11 is 6.05. The molecule has 1 unspecified atom stereocenters. The average molecular weight is 471 g/mol. The standard InChI is InChI=1S/C25H23ClO7/c26-16-10-11-21-18(12-16)23(30)19(14-31-21)25-32-13-15(6-2-1-3-9-22(28)29)24(33-25)17-7-4-5-8-20(17)27/h1-2,4-5,7-8,10-12,14-15,24-25,27H,3,6,9,13H2,(H,28,29)/b2-1-/t15-,24+,25?/m1/s1. The molecule has 1 fully saturated rings. The molecule has 33 heavy (non-hydrogen) atoms. The first-order valence-corrected chi connectivity index (χ1v) is 10.9. The Bertz CT molecular complexity index is 1230. The van der Waals surface area contributed by atoms with E-state index in [9.17, 15) is 14.7 Å². The van der Waals surface area contributed by atoms with Crippen LogP contribution in [0.3, 0.4) is 0 Å². The molecule has 0 saturated carbocycles. The summed E-state index contributed by atoms with van der Waals surface area (Å²) in [6.07, 6.45) is 4.52. The summed E-state index contributed by atoms with van der Waals surface area (Å²) in [7, 11) is 0. The van der Waals surface area contributed by atoms with E-state index < -0.39 is 18.4 Å². The third-order valence-corrected chi connectivity index (χ3v) is 5.78. The van der Waals surface area contributed by atoms with Gasteiger partial charge in [0.05, 0.1) is 23.7 Å². The molecular weight excluding hydrogens is 448 g/mol. The third kappa shape index (κ3) is 5.27. The fourth-order valence-corrected chi connectivity index (χ4v) is 4.04. The largest absolute Gasteiger partial charge is 0.508 e. The van der Waals surface area contributed by atoms with E-state index in [-0.39, 0.29) is 35.7 Å². The van der Waals surface area contributed by atoms with Crippen molar-refractivity contribution in [3.05, 3.63) is 87.3 Å². The second-order valence-electron chi connectivity index (χ2n) is 7.84. The van der Waals surface area contributed by atoms with Crippen LogP contribution in [0, 0.1) is 5.92 Å². The number of phenolic OH excluding ortho intramolecular Hbond substituents is 1. The van der Waals surface area contributed by atoms with Gasteiger partial charge < -0.3 is 24.1 Å². The summed E-state index contributed by atoms with van der Waals surface area (Å²) in [5.41, 5.74) is 0.904. The Labute approximate surface area is 194 Å². The molecule has 0 radical (unpaired) electrons. The number of aliphatic carboxylic acids is 1. The number of carbonyl (C=O) groups is 1. The normalized spacial score (nSPS) is 20.9. The van der Waals surface area contributed by atoms with Crippen LogP contribution in [0.15, 0.2) is 70.1 Å². The Morgan fingerprint density at radius 3 is 2.76 bits per heavy atom. The van der Waals surface area contributed by atoms with E-state index in [1.54, 1.807) is 42.5 Å². The lowest BCUT2D eigenvalue weighted by Gasteiger charge is -2.36. The van der Waals surface area contributed by atoms with Crippen molar-refractivity contribution < 1.29 is 28.9 Å². The summed E-state index contributed by atoms with van der Waals surface area (Å²) in [4.78, 5) is 23.8. The quantitative estimate of drug-likeness (QED) is 0.447. The predicted molar refractivity (Wildman–Crippen MR) is 122 cm³/mol. The number of halogens is 1. The zero-order chi connectivity index (χ0) is 23.4. The zero-order valence-electron chi connectivity index (χ0n) is 17.6. The highest BCUT2D eigenvalue weighted by molar-refractivity contribution is 6.31. The Hall–Kier alpha value is -3.13. The summed E-state index contributed by atoms with van der Waals surface area (Å²) in [5, 5.41) is 20.0. The van der Waals surface area contributed by atoms with Crippen LogP contribution in [-0.2, 0) is 14.3 Å². The van der Waals surface area contributed by atoms with Crippen molar-refractivity contribution in [1.29, 1.82) is 0 Å². The summed E-state index contributed by atoms with van der Waals surface area (Å²) in [6.45, 7) is 0.264. The molecule has 7 nitrogen and oxygen atoms in total. The van der Waals surface area contributed by atoms with Gasteiger partial charge in [0.25, 0.3) is 0 Å². The van der Waals surface area contributed by atoms with Crippen molar-refractivity contribution in [1.82, 2.24) is 0 Å². The Morgan fingerprint density at radius 1 is 1.15 bits per heavy atom. The van der Waals surface area contributed by atoms with E-state index >= 15 is 0 Å². The lowest BCUT2D eigenvalue weighted by atomic mass is 9.91. The maximum absolute atomic E-state index is 13.1. The fourth-order valence-electron chi connectivity index (χ4n) is 3.87.